The summed E-state index contributed by atoms with van der Waals surface area (Å²) in [6.45, 7) is 5.36. The molecule has 3 saturated heterocycles. The van der Waals surface area contributed by atoms with Crippen molar-refractivity contribution in [3.05, 3.63) is 0 Å². The van der Waals surface area contributed by atoms with Crippen LogP contribution in [0.4, 0.5) is 18.0 Å². The summed E-state index contributed by atoms with van der Waals surface area (Å²) in [6.07, 6.45) is -6.76. The molecule has 6 nitrogen and oxygen atoms in total. The maximum absolute atomic E-state index is 12.6. The van der Waals surface area contributed by atoms with Gasteiger partial charge in [0.1, 0.15) is 12.0 Å². The lowest BCUT2D eigenvalue weighted by atomic mass is 9.86. The van der Waals surface area contributed by atoms with Crippen LogP contribution in [-0.2, 0) is 9.53 Å². The van der Waals surface area contributed by atoms with E-state index in [2.05, 4.69) is 0 Å². The van der Waals surface area contributed by atoms with Gasteiger partial charge in [0.15, 0.2) is 0 Å². The molecule has 0 spiro atoms. The monoisotopic (exact) mass is 364 g/mol. The normalized spacial score (nSPS) is 34.4. The molecular formula is C16H23F3N2O4. The number of ether oxygens (including phenoxy) is 1. The molecule has 1 N–H and O–H groups in total. The second kappa shape index (κ2) is 5.75. The standard InChI is InChI=1S/C16H23F3N2O4/c1-15(2,3)25-14(24)21-9-4-8-5-10(21)13(23)12(9)20(7-8)11(22)6-16(17,18)19/h8-10,12-13,23H,4-7H2,1-3H3/t8-,9-,10+,12+,13+/m1/s1. The third kappa shape index (κ3) is 3.43. The van der Waals surface area contributed by atoms with Gasteiger partial charge in [-0.1, -0.05) is 0 Å². The Morgan fingerprint density at radius 2 is 1.76 bits per heavy atom. The summed E-state index contributed by atoms with van der Waals surface area (Å²) in [4.78, 5) is 27.2. The van der Waals surface area contributed by atoms with E-state index in [1.54, 1.807) is 20.8 Å². The van der Waals surface area contributed by atoms with E-state index in [0.29, 0.717) is 12.8 Å². The van der Waals surface area contributed by atoms with E-state index in [1.165, 1.54) is 4.90 Å². The zero-order valence-electron chi connectivity index (χ0n) is 14.4. The van der Waals surface area contributed by atoms with Crippen molar-refractivity contribution in [1.82, 2.24) is 9.80 Å². The van der Waals surface area contributed by atoms with Gasteiger partial charge in [0.25, 0.3) is 0 Å². The first-order chi connectivity index (χ1) is 11.4. The highest BCUT2D eigenvalue weighted by atomic mass is 19.4. The van der Waals surface area contributed by atoms with Gasteiger partial charge < -0.3 is 14.7 Å². The molecule has 0 aliphatic carbocycles. The maximum Gasteiger partial charge on any atom is 0.410 e. The molecule has 142 valence electrons. The van der Waals surface area contributed by atoms with E-state index in [1.807, 2.05) is 0 Å². The van der Waals surface area contributed by atoms with Crippen LogP contribution in [0.2, 0.25) is 0 Å². The molecule has 0 unspecified atom stereocenters. The quantitative estimate of drug-likeness (QED) is 0.772. The summed E-state index contributed by atoms with van der Waals surface area (Å²) in [5, 5.41) is 10.6. The van der Waals surface area contributed by atoms with Crippen molar-refractivity contribution in [1.29, 1.82) is 0 Å². The molecule has 0 aromatic heterocycles. The summed E-state index contributed by atoms with van der Waals surface area (Å²) in [5.41, 5.74) is -0.719. The Labute approximate surface area is 143 Å². The number of carbonyl (C=O) groups excluding carboxylic acids is 2. The molecule has 3 fully saturated rings. The van der Waals surface area contributed by atoms with Gasteiger partial charge in [-0.05, 0) is 39.5 Å². The van der Waals surface area contributed by atoms with Crippen LogP contribution < -0.4 is 0 Å². The predicted octanol–water partition coefficient (Wildman–Crippen LogP) is 1.91. The number of aliphatic hydroxyl groups excluding tert-OH is 1. The number of likely N-dealkylation sites (tertiary alicyclic amines) is 1. The number of nitrogens with zero attached hydrogens (tertiary/aromatic N) is 2. The van der Waals surface area contributed by atoms with Gasteiger partial charge in [-0.2, -0.15) is 13.2 Å². The molecule has 25 heavy (non-hydrogen) atoms. The second-order valence-corrected chi connectivity index (χ2v) is 8.18. The number of amides is 2. The molecule has 0 aromatic carbocycles. The predicted molar refractivity (Wildman–Crippen MR) is 80.6 cm³/mol. The second-order valence-electron chi connectivity index (χ2n) is 8.18. The number of aliphatic hydroxyl groups is 1. The largest absolute Gasteiger partial charge is 0.444 e. The van der Waals surface area contributed by atoms with E-state index in [-0.39, 0.29) is 12.5 Å². The zero-order valence-corrected chi connectivity index (χ0v) is 14.4. The summed E-state index contributed by atoms with van der Waals surface area (Å²) < 4.78 is 43.2. The van der Waals surface area contributed by atoms with Crippen molar-refractivity contribution in [2.45, 2.75) is 76.0 Å². The topological polar surface area (TPSA) is 70.1 Å². The maximum atomic E-state index is 12.6. The fraction of sp³-hybridized carbons (Fsp3) is 0.875. The number of alkyl halides is 3. The first-order valence-electron chi connectivity index (χ1n) is 8.43. The summed E-state index contributed by atoms with van der Waals surface area (Å²) in [5.74, 6) is -1.06. The fourth-order valence-electron chi connectivity index (χ4n) is 4.38. The summed E-state index contributed by atoms with van der Waals surface area (Å²) >= 11 is 0. The average molecular weight is 364 g/mol. The van der Waals surface area contributed by atoms with Crippen molar-refractivity contribution < 1.29 is 32.6 Å². The summed E-state index contributed by atoms with van der Waals surface area (Å²) in [6, 6.07) is -1.82. The number of carbonyl (C=O) groups is 2. The van der Waals surface area contributed by atoms with E-state index in [9.17, 15) is 27.9 Å². The number of rotatable bonds is 1. The van der Waals surface area contributed by atoms with Gasteiger partial charge >= 0.3 is 12.3 Å². The Hall–Kier alpha value is -1.51. The van der Waals surface area contributed by atoms with Crippen LogP contribution in [-0.4, -0.2) is 69.5 Å². The molecule has 9 heteroatoms. The third-order valence-corrected chi connectivity index (χ3v) is 5.09. The van der Waals surface area contributed by atoms with Crippen molar-refractivity contribution in [3.63, 3.8) is 0 Å². The minimum absolute atomic E-state index is 0.0146. The molecule has 0 radical (unpaired) electrons. The minimum Gasteiger partial charge on any atom is -0.444 e. The van der Waals surface area contributed by atoms with Gasteiger partial charge in [0.05, 0.1) is 24.2 Å². The lowest BCUT2D eigenvalue weighted by Crippen LogP contribution is -2.59. The number of piperidine rings is 2. The molecule has 0 saturated carbocycles. The zero-order chi connectivity index (χ0) is 18.7. The Morgan fingerprint density at radius 1 is 1.16 bits per heavy atom. The number of hydrogen-bond acceptors (Lipinski definition) is 4. The van der Waals surface area contributed by atoms with Crippen molar-refractivity contribution in [2.24, 2.45) is 5.92 Å². The molecule has 3 rings (SSSR count). The van der Waals surface area contributed by atoms with Crippen LogP contribution in [0.15, 0.2) is 0 Å². The van der Waals surface area contributed by atoms with E-state index in [0.717, 1.165) is 4.90 Å². The first kappa shape index (κ1) is 18.3. The Balaban J connectivity index is 1.83. The van der Waals surface area contributed by atoms with E-state index in [4.69, 9.17) is 4.74 Å². The van der Waals surface area contributed by atoms with E-state index < -0.39 is 54.4 Å². The fourth-order valence-corrected chi connectivity index (χ4v) is 4.38. The highest BCUT2D eigenvalue weighted by molar-refractivity contribution is 5.78. The van der Waals surface area contributed by atoms with Crippen molar-refractivity contribution in [2.75, 3.05) is 6.54 Å². The molecular weight excluding hydrogens is 341 g/mol. The lowest BCUT2D eigenvalue weighted by molar-refractivity contribution is -0.166. The Kier molecular flexibility index (Phi) is 4.21. The van der Waals surface area contributed by atoms with Gasteiger partial charge in [0.2, 0.25) is 5.91 Å². The number of hydrogen-bond donors (Lipinski definition) is 1. The smallest absolute Gasteiger partial charge is 0.410 e. The average Bonchev–Trinajstić information content (AvgIpc) is 2.52. The molecule has 5 atom stereocenters. The highest BCUT2D eigenvalue weighted by Crippen LogP contribution is 2.46. The van der Waals surface area contributed by atoms with Gasteiger partial charge in [-0.3, -0.25) is 9.69 Å². The number of fused-ring (bicyclic) bond motifs is 2. The molecule has 3 bridgehead atoms. The SMILES string of the molecule is CC(C)(C)OC(=O)N1[C@@H]2C[C@@H]3C[C@H]1[C@H](O)[C@H]2N(C(=O)CC(F)(F)F)C3. The number of halogens is 3. The Bertz CT molecular complexity index is 575. The van der Waals surface area contributed by atoms with Crippen LogP contribution in [0.3, 0.4) is 0 Å². The molecule has 3 heterocycles. The van der Waals surface area contributed by atoms with Crippen LogP contribution in [0.1, 0.15) is 40.0 Å². The molecule has 2 amide bonds. The van der Waals surface area contributed by atoms with Crippen LogP contribution >= 0.6 is 0 Å². The van der Waals surface area contributed by atoms with Crippen LogP contribution in [0.25, 0.3) is 0 Å². The molecule has 0 aromatic rings. The van der Waals surface area contributed by atoms with Gasteiger partial charge in [0, 0.05) is 6.54 Å². The lowest BCUT2D eigenvalue weighted by Gasteiger charge is -2.46. The van der Waals surface area contributed by atoms with Crippen molar-refractivity contribution in [3.8, 4) is 0 Å². The van der Waals surface area contributed by atoms with Crippen LogP contribution in [0, 0.1) is 5.92 Å². The van der Waals surface area contributed by atoms with Crippen LogP contribution in [0.5, 0.6) is 0 Å². The highest BCUT2D eigenvalue weighted by Gasteiger charge is 2.61. The first-order valence-corrected chi connectivity index (χ1v) is 8.43. The Morgan fingerprint density at radius 3 is 2.32 bits per heavy atom. The summed E-state index contributed by atoms with van der Waals surface area (Å²) in [7, 11) is 0. The van der Waals surface area contributed by atoms with Gasteiger partial charge in [-0.25, -0.2) is 4.79 Å². The van der Waals surface area contributed by atoms with Gasteiger partial charge in [-0.15, -0.1) is 0 Å². The third-order valence-electron chi connectivity index (χ3n) is 5.09. The minimum atomic E-state index is -4.60. The van der Waals surface area contributed by atoms with E-state index >= 15 is 0 Å². The molecule has 3 aliphatic rings. The molecule has 3 aliphatic heterocycles. The van der Waals surface area contributed by atoms with Crippen molar-refractivity contribution >= 4 is 12.0 Å².